The Kier molecular flexibility index (Phi) is 4.22. The molecule has 0 radical (unpaired) electrons. The minimum Gasteiger partial charge on any atom is -0.455 e. The average molecular weight is 359 g/mol. The van der Waals surface area contributed by atoms with Gasteiger partial charge in [0.15, 0.2) is 0 Å². The fourth-order valence-corrected chi connectivity index (χ4v) is 3.70. The molecule has 0 saturated carbocycles. The van der Waals surface area contributed by atoms with Gasteiger partial charge in [0.1, 0.15) is 17.3 Å². The molecular weight excluding hydrogens is 347 g/mol. The molecular formula is C15H12F3NO4S. The highest BCUT2D eigenvalue weighted by Crippen LogP contribution is 2.43. The number of fused-ring (bicyclic) bond motifs is 1. The van der Waals surface area contributed by atoms with E-state index in [1.807, 2.05) is 0 Å². The maximum atomic E-state index is 13.2. The van der Waals surface area contributed by atoms with Gasteiger partial charge < -0.3 is 9.84 Å². The maximum Gasteiger partial charge on any atom is 0.341 e. The maximum absolute atomic E-state index is 13.2. The van der Waals surface area contributed by atoms with E-state index >= 15 is 0 Å². The molecule has 0 spiro atoms. The van der Waals surface area contributed by atoms with Crippen LogP contribution in [0, 0.1) is 5.82 Å². The molecule has 0 bridgehead atoms. The third kappa shape index (κ3) is 2.84. The summed E-state index contributed by atoms with van der Waals surface area (Å²) in [6.45, 7) is 0. The lowest BCUT2D eigenvalue weighted by molar-refractivity contribution is 0.176. The number of nitrogens with zero attached hydrogens (tertiary/aromatic N) is 1. The van der Waals surface area contributed by atoms with Crippen molar-refractivity contribution in [3.05, 3.63) is 47.5 Å². The van der Waals surface area contributed by atoms with Gasteiger partial charge in [-0.15, -0.1) is 0 Å². The van der Waals surface area contributed by atoms with Crippen LogP contribution < -0.4 is 4.74 Å². The van der Waals surface area contributed by atoms with Crippen molar-refractivity contribution in [2.45, 2.75) is 29.6 Å². The number of ether oxygens (including phenoxy) is 1. The third-order valence-electron chi connectivity index (χ3n) is 3.72. The Morgan fingerprint density at radius 1 is 1.29 bits per heavy atom. The third-order valence-corrected chi connectivity index (χ3v) is 5.16. The summed E-state index contributed by atoms with van der Waals surface area (Å²) in [5.74, 6) is -3.97. The van der Waals surface area contributed by atoms with Gasteiger partial charge >= 0.3 is 5.76 Å². The lowest BCUT2D eigenvalue weighted by atomic mass is 10.1. The number of aromatic nitrogens is 1. The van der Waals surface area contributed by atoms with Crippen LogP contribution >= 0.6 is 0 Å². The average Bonchev–Trinajstić information content (AvgIpc) is 2.90. The van der Waals surface area contributed by atoms with Crippen molar-refractivity contribution in [1.82, 2.24) is 4.98 Å². The molecule has 1 aliphatic carbocycles. The number of alkyl halides is 2. The smallest absolute Gasteiger partial charge is 0.341 e. The summed E-state index contributed by atoms with van der Waals surface area (Å²) in [7, 11) is -4.85. The van der Waals surface area contributed by atoms with Gasteiger partial charge in [-0.25, -0.2) is 12.8 Å². The summed E-state index contributed by atoms with van der Waals surface area (Å²) >= 11 is 0. The normalized spacial score (nSPS) is 17.1. The summed E-state index contributed by atoms with van der Waals surface area (Å²) in [6, 6.07) is 3.27. The fourth-order valence-electron chi connectivity index (χ4n) is 2.69. The minimum atomic E-state index is -4.85. The monoisotopic (exact) mass is 359 g/mol. The van der Waals surface area contributed by atoms with Crippen LogP contribution in [0.3, 0.4) is 0 Å². The molecule has 1 N–H and O–H groups in total. The first kappa shape index (κ1) is 16.7. The van der Waals surface area contributed by atoms with Crippen LogP contribution in [0.5, 0.6) is 11.5 Å². The molecule has 1 aromatic heterocycles. The van der Waals surface area contributed by atoms with E-state index in [2.05, 4.69) is 4.98 Å². The Morgan fingerprint density at radius 2 is 2.04 bits per heavy atom. The van der Waals surface area contributed by atoms with Gasteiger partial charge in [0.05, 0.1) is 23.4 Å². The molecule has 1 heterocycles. The molecule has 1 aliphatic rings. The van der Waals surface area contributed by atoms with Crippen molar-refractivity contribution in [3.8, 4) is 11.5 Å². The van der Waals surface area contributed by atoms with E-state index in [0.717, 1.165) is 18.3 Å². The number of halogens is 3. The molecule has 1 aromatic carbocycles. The molecule has 0 aliphatic heterocycles. The van der Waals surface area contributed by atoms with Crippen molar-refractivity contribution in [2.75, 3.05) is 0 Å². The Hall–Kier alpha value is -2.13. The number of rotatable bonds is 4. The van der Waals surface area contributed by atoms with Gasteiger partial charge in [-0.1, -0.05) is 0 Å². The first-order valence-corrected chi connectivity index (χ1v) is 8.49. The molecule has 3 rings (SSSR count). The Morgan fingerprint density at radius 3 is 2.71 bits per heavy atom. The molecule has 1 atom stereocenters. The molecule has 128 valence electrons. The molecule has 0 unspecified atom stereocenters. The fraction of sp³-hybridized carbons (Fsp3) is 0.267. The number of benzene rings is 1. The van der Waals surface area contributed by atoms with Crippen LogP contribution in [-0.4, -0.2) is 24.3 Å². The van der Waals surface area contributed by atoms with Crippen LogP contribution in [0.4, 0.5) is 13.2 Å². The highest BCUT2D eigenvalue weighted by atomic mass is 32.2. The van der Waals surface area contributed by atoms with Gasteiger partial charge in [-0.3, -0.25) is 4.98 Å². The van der Waals surface area contributed by atoms with Crippen LogP contribution in [0.1, 0.15) is 23.7 Å². The molecule has 5 nitrogen and oxygen atoms in total. The minimum absolute atomic E-state index is 0.0723. The van der Waals surface area contributed by atoms with E-state index in [0.29, 0.717) is 5.56 Å². The van der Waals surface area contributed by atoms with Gasteiger partial charge in [0.25, 0.3) is 0 Å². The molecule has 9 heteroatoms. The molecule has 2 aromatic rings. The van der Waals surface area contributed by atoms with Crippen molar-refractivity contribution in [1.29, 1.82) is 0 Å². The topological polar surface area (TPSA) is 76.5 Å². The van der Waals surface area contributed by atoms with E-state index in [1.165, 1.54) is 12.3 Å². The van der Waals surface area contributed by atoms with E-state index < -0.39 is 32.4 Å². The number of hydrogen-bond donors (Lipinski definition) is 1. The predicted molar refractivity (Wildman–Crippen MR) is 77.2 cm³/mol. The first-order chi connectivity index (χ1) is 11.3. The highest BCUT2D eigenvalue weighted by molar-refractivity contribution is 7.91. The van der Waals surface area contributed by atoms with E-state index in [9.17, 15) is 26.7 Å². The van der Waals surface area contributed by atoms with Gasteiger partial charge in [0, 0.05) is 17.2 Å². The van der Waals surface area contributed by atoms with Gasteiger partial charge in [0.2, 0.25) is 9.84 Å². The molecule has 0 amide bonds. The van der Waals surface area contributed by atoms with Crippen LogP contribution in [0.15, 0.2) is 35.5 Å². The predicted octanol–water partition coefficient (Wildman–Crippen LogP) is 2.99. The number of aliphatic hydroxyl groups excluding tert-OH is 1. The zero-order chi connectivity index (χ0) is 17.5. The van der Waals surface area contributed by atoms with Crippen molar-refractivity contribution >= 4 is 9.84 Å². The number of aliphatic hydroxyl groups is 1. The second-order valence-electron chi connectivity index (χ2n) is 5.26. The van der Waals surface area contributed by atoms with Crippen molar-refractivity contribution in [2.24, 2.45) is 0 Å². The van der Waals surface area contributed by atoms with Crippen LogP contribution in [0.2, 0.25) is 0 Å². The lowest BCUT2D eigenvalue weighted by Crippen LogP contribution is -2.15. The quantitative estimate of drug-likeness (QED) is 0.908. The zero-order valence-electron chi connectivity index (χ0n) is 12.1. The summed E-state index contributed by atoms with van der Waals surface area (Å²) in [6.07, 6.45) is 1.49. The number of hydrogen-bond acceptors (Lipinski definition) is 5. The largest absolute Gasteiger partial charge is 0.455 e. The van der Waals surface area contributed by atoms with Crippen LogP contribution in [0.25, 0.3) is 0 Å². The van der Waals surface area contributed by atoms with Crippen molar-refractivity contribution < 1.29 is 31.4 Å². The SMILES string of the molecule is O=S(=O)(c1ccc(Oc2cncc(F)c2)c2c1[C@H](O)CC2)C(F)F. The second kappa shape index (κ2) is 6.06. The second-order valence-corrected chi connectivity index (χ2v) is 7.14. The number of pyridine rings is 1. The summed E-state index contributed by atoms with van der Waals surface area (Å²) < 4.78 is 67.9. The summed E-state index contributed by atoms with van der Waals surface area (Å²) in [5, 5.41) is 10.0. The van der Waals surface area contributed by atoms with E-state index in [-0.39, 0.29) is 29.9 Å². The molecule has 0 saturated heterocycles. The summed E-state index contributed by atoms with van der Waals surface area (Å²) in [4.78, 5) is 3.02. The molecule has 0 fully saturated rings. The van der Waals surface area contributed by atoms with Crippen LogP contribution in [-0.2, 0) is 16.3 Å². The Bertz CT molecular complexity index is 886. The Labute approximate surface area is 135 Å². The zero-order valence-corrected chi connectivity index (χ0v) is 12.9. The van der Waals surface area contributed by atoms with E-state index in [4.69, 9.17) is 4.74 Å². The number of sulfone groups is 1. The Balaban J connectivity index is 2.09. The first-order valence-electron chi connectivity index (χ1n) is 6.95. The summed E-state index contributed by atoms with van der Waals surface area (Å²) in [5.41, 5.74) is 0.227. The van der Waals surface area contributed by atoms with E-state index in [1.54, 1.807) is 0 Å². The molecule has 24 heavy (non-hydrogen) atoms. The highest BCUT2D eigenvalue weighted by Gasteiger charge is 2.36. The van der Waals surface area contributed by atoms with Gasteiger partial charge in [-0.05, 0) is 25.0 Å². The standard InChI is InChI=1S/C15H12F3NO4S/c16-8-5-9(7-19-6-8)23-12-3-4-13(24(21,22)15(17)18)14-10(12)1-2-11(14)20/h3-7,11,15,20H,1-2H2/t11-/m1/s1. The lowest BCUT2D eigenvalue weighted by Gasteiger charge is -2.15. The van der Waals surface area contributed by atoms with Gasteiger partial charge in [-0.2, -0.15) is 8.78 Å². The van der Waals surface area contributed by atoms with Crippen molar-refractivity contribution in [3.63, 3.8) is 0 Å².